The van der Waals surface area contributed by atoms with Crippen molar-refractivity contribution in [1.29, 1.82) is 0 Å². The Morgan fingerprint density at radius 1 is 0.879 bits per heavy atom. The van der Waals surface area contributed by atoms with Crippen LogP contribution in [0.3, 0.4) is 0 Å². The first-order valence-corrected chi connectivity index (χ1v) is 11.3. The molecule has 0 radical (unpaired) electrons. The molecule has 0 saturated carbocycles. The topological polar surface area (TPSA) is 70.7 Å². The van der Waals surface area contributed by atoms with E-state index in [1.165, 1.54) is 0 Å². The lowest BCUT2D eigenvalue weighted by Crippen LogP contribution is -2.30. The molecule has 3 aromatic rings. The van der Waals surface area contributed by atoms with E-state index in [1.807, 2.05) is 73.7 Å². The third-order valence-electron chi connectivity index (χ3n) is 5.10. The maximum atomic E-state index is 13.0. The molecule has 0 aromatic heterocycles. The molecule has 6 heteroatoms. The highest BCUT2D eigenvalue weighted by molar-refractivity contribution is 6.06. The van der Waals surface area contributed by atoms with E-state index in [9.17, 15) is 9.59 Å². The molecule has 172 valence electrons. The highest BCUT2D eigenvalue weighted by Crippen LogP contribution is 2.19. The Morgan fingerprint density at radius 3 is 2.33 bits per heavy atom. The van der Waals surface area contributed by atoms with Crippen molar-refractivity contribution in [1.82, 2.24) is 0 Å². The summed E-state index contributed by atoms with van der Waals surface area (Å²) in [6.45, 7) is 5.40. The van der Waals surface area contributed by atoms with Crippen LogP contribution in [-0.4, -0.2) is 31.5 Å². The van der Waals surface area contributed by atoms with Gasteiger partial charge in [-0.15, -0.1) is 0 Å². The molecule has 2 amide bonds. The number of para-hydroxylation sites is 1. The molecule has 0 heterocycles. The van der Waals surface area contributed by atoms with Gasteiger partial charge >= 0.3 is 0 Å². The van der Waals surface area contributed by atoms with Gasteiger partial charge in [0.05, 0.1) is 13.2 Å². The van der Waals surface area contributed by atoms with E-state index in [4.69, 9.17) is 4.74 Å². The van der Waals surface area contributed by atoms with Gasteiger partial charge in [0, 0.05) is 29.2 Å². The van der Waals surface area contributed by atoms with Crippen LogP contribution in [-0.2, 0) is 4.79 Å². The molecular weight excluding hydrogens is 414 g/mol. The molecule has 2 N–H and O–H groups in total. The molecule has 0 atom stereocenters. The average molecular weight is 446 g/mol. The number of anilines is 3. The SMILES string of the molecule is CCCCOc1ccc(NC(=O)CNc2cccc(C(=O)N(CC)c3ccccc3)c2)cc1. The molecule has 6 nitrogen and oxygen atoms in total. The molecule has 0 aliphatic heterocycles. The van der Waals surface area contributed by atoms with Crippen LogP contribution in [0, 0.1) is 0 Å². The van der Waals surface area contributed by atoms with Crippen LogP contribution in [0.15, 0.2) is 78.9 Å². The normalized spacial score (nSPS) is 10.4. The second-order valence-corrected chi connectivity index (χ2v) is 7.59. The zero-order chi connectivity index (χ0) is 23.5. The lowest BCUT2D eigenvalue weighted by atomic mass is 10.1. The van der Waals surface area contributed by atoms with Gasteiger partial charge in [0.2, 0.25) is 5.91 Å². The summed E-state index contributed by atoms with van der Waals surface area (Å²) >= 11 is 0. The second-order valence-electron chi connectivity index (χ2n) is 7.59. The number of unbranched alkanes of at least 4 members (excludes halogenated alkanes) is 1. The molecule has 0 saturated heterocycles. The molecule has 3 rings (SSSR count). The van der Waals surface area contributed by atoms with Crippen molar-refractivity contribution >= 4 is 28.9 Å². The minimum atomic E-state index is -0.175. The maximum Gasteiger partial charge on any atom is 0.258 e. The Bertz CT molecular complexity index is 1040. The quantitative estimate of drug-likeness (QED) is 0.378. The third kappa shape index (κ3) is 7.10. The summed E-state index contributed by atoms with van der Waals surface area (Å²) in [6.07, 6.45) is 2.10. The fourth-order valence-corrected chi connectivity index (χ4v) is 3.33. The number of amides is 2. The Kier molecular flexibility index (Phi) is 8.88. The van der Waals surface area contributed by atoms with Crippen LogP contribution in [0.4, 0.5) is 17.1 Å². The molecule has 0 unspecified atom stereocenters. The smallest absolute Gasteiger partial charge is 0.258 e. The molecule has 3 aromatic carbocycles. The molecule has 0 spiro atoms. The van der Waals surface area contributed by atoms with Gasteiger partial charge in [-0.1, -0.05) is 37.6 Å². The minimum absolute atomic E-state index is 0.0851. The zero-order valence-corrected chi connectivity index (χ0v) is 19.2. The second kappa shape index (κ2) is 12.3. The van der Waals surface area contributed by atoms with Crippen molar-refractivity contribution in [3.05, 3.63) is 84.4 Å². The number of rotatable bonds is 11. The summed E-state index contributed by atoms with van der Waals surface area (Å²) in [5.74, 6) is 0.529. The molecule has 33 heavy (non-hydrogen) atoms. The van der Waals surface area contributed by atoms with Crippen molar-refractivity contribution in [2.24, 2.45) is 0 Å². The van der Waals surface area contributed by atoms with Gasteiger partial charge in [-0.05, 0) is 67.9 Å². The third-order valence-corrected chi connectivity index (χ3v) is 5.10. The van der Waals surface area contributed by atoms with Crippen LogP contribution in [0.2, 0.25) is 0 Å². The molecule has 0 aliphatic carbocycles. The van der Waals surface area contributed by atoms with Gasteiger partial charge in [-0.25, -0.2) is 0 Å². The van der Waals surface area contributed by atoms with E-state index in [0.29, 0.717) is 30.1 Å². The van der Waals surface area contributed by atoms with Gasteiger partial charge in [-0.3, -0.25) is 9.59 Å². The van der Waals surface area contributed by atoms with E-state index in [2.05, 4.69) is 17.6 Å². The van der Waals surface area contributed by atoms with E-state index in [1.54, 1.807) is 17.0 Å². The predicted octanol–water partition coefficient (Wildman–Crippen LogP) is 5.58. The van der Waals surface area contributed by atoms with E-state index in [-0.39, 0.29) is 18.4 Å². The Hall–Kier alpha value is -3.80. The highest BCUT2D eigenvalue weighted by Gasteiger charge is 2.16. The average Bonchev–Trinajstić information content (AvgIpc) is 2.85. The first-order valence-electron chi connectivity index (χ1n) is 11.3. The van der Waals surface area contributed by atoms with Crippen molar-refractivity contribution in [3.8, 4) is 5.75 Å². The first kappa shape index (κ1) is 23.9. The lowest BCUT2D eigenvalue weighted by Gasteiger charge is -2.21. The lowest BCUT2D eigenvalue weighted by molar-refractivity contribution is -0.114. The number of benzene rings is 3. The Labute approximate surface area is 195 Å². The molecule has 0 fully saturated rings. The maximum absolute atomic E-state index is 13.0. The molecule has 0 aliphatic rings. The van der Waals surface area contributed by atoms with Crippen molar-refractivity contribution in [2.45, 2.75) is 26.7 Å². The summed E-state index contributed by atoms with van der Waals surface area (Å²) in [7, 11) is 0. The van der Waals surface area contributed by atoms with Crippen LogP contribution in [0.25, 0.3) is 0 Å². The highest BCUT2D eigenvalue weighted by atomic mass is 16.5. The predicted molar refractivity (Wildman–Crippen MR) is 134 cm³/mol. The van der Waals surface area contributed by atoms with E-state index < -0.39 is 0 Å². The van der Waals surface area contributed by atoms with Crippen LogP contribution >= 0.6 is 0 Å². The number of nitrogens with zero attached hydrogens (tertiary/aromatic N) is 1. The van der Waals surface area contributed by atoms with Crippen LogP contribution < -0.4 is 20.3 Å². The van der Waals surface area contributed by atoms with Crippen molar-refractivity contribution in [2.75, 3.05) is 35.2 Å². The number of nitrogens with one attached hydrogen (secondary N) is 2. The largest absolute Gasteiger partial charge is 0.494 e. The fourth-order valence-electron chi connectivity index (χ4n) is 3.33. The van der Waals surface area contributed by atoms with Gasteiger partial charge < -0.3 is 20.3 Å². The standard InChI is InChI=1S/C27H31N3O3/c1-3-5-18-33-25-16-14-22(15-17-25)29-26(31)20-28-23-11-9-10-21(19-23)27(32)30(4-2)24-12-7-6-8-13-24/h6-17,19,28H,3-5,18,20H2,1-2H3,(H,29,31). The zero-order valence-electron chi connectivity index (χ0n) is 19.2. The van der Waals surface area contributed by atoms with Crippen molar-refractivity contribution in [3.63, 3.8) is 0 Å². The monoisotopic (exact) mass is 445 g/mol. The Balaban J connectivity index is 1.55. The number of ether oxygens (including phenoxy) is 1. The van der Waals surface area contributed by atoms with Crippen LogP contribution in [0.5, 0.6) is 5.75 Å². The van der Waals surface area contributed by atoms with Crippen molar-refractivity contribution < 1.29 is 14.3 Å². The summed E-state index contributed by atoms with van der Waals surface area (Å²) in [6, 6.07) is 24.1. The van der Waals surface area contributed by atoms with E-state index in [0.717, 1.165) is 24.3 Å². The summed E-state index contributed by atoms with van der Waals surface area (Å²) in [5.41, 5.74) is 2.82. The van der Waals surface area contributed by atoms with Gasteiger partial charge in [0.15, 0.2) is 0 Å². The number of carbonyl (C=O) groups excluding carboxylic acids is 2. The summed E-state index contributed by atoms with van der Waals surface area (Å²) < 4.78 is 5.64. The summed E-state index contributed by atoms with van der Waals surface area (Å²) in [5, 5.41) is 5.96. The summed E-state index contributed by atoms with van der Waals surface area (Å²) in [4.78, 5) is 27.1. The van der Waals surface area contributed by atoms with E-state index >= 15 is 0 Å². The van der Waals surface area contributed by atoms with Gasteiger partial charge in [-0.2, -0.15) is 0 Å². The van der Waals surface area contributed by atoms with Gasteiger partial charge in [0.1, 0.15) is 5.75 Å². The minimum Gasteiger partial charge on any atom is -0.494 e. The van der Waals surface area contributed by atoms with Gasteiger partial charge in [0.25, 0.3) is 5.91 Å². The van der Waals surface area contributed by atoms with Crippen LogP contribution in [0.1, 0.15) is 37.0 Å². The number of hydrogen-bond acceptors (Lipinski definition) is 4. The first-order chi connectivity index (χ1) is 16.1. The Morgan fingerprint density at radius 2 is 1.64 bits per heavy atom. The fraction of sp³-hybridized carbons (Fsp3) is 0.259. The molecule has 0 bridgehead atoms. The number of carbonyl (C=O) groups is 2. The molecular formula is C27H31N3O3. The number of hydrogen-bond donors (Lipinski definition) is 2.